The third-order valence-corrected chi connectivity index (χ3v) is 3.21. The molecule has 1 rings (SSSR count). The Balaban J connectivity index is 2.66. The highest BCUT2D eigenvalue weighted by molar-refractivity contribution is 5.22. The van der Waals surface area contributed by atoms with Gasteiger partial charge < -0.3 is 4.90 Å². The molecule has 0 aromatic heterocycles. The predicted molar refractivity (Wildman–Crippen MR) is 73.9 cm³/mol. The molecular formula is C14H22N2O2. The van der Waals surface area contributed by atoms with E-state index in [0.29, 0.717) is 0 Å². The third kappa shape index (κ3) is 5.17. The maximum atomic E-state index is 10.3. The summed E-state index contributed by atoms with van der Waals surface area (Å²) < 4.78 is 0. The largest absolute Gasteiger partial charge is 0.372 e. The van der Waals surface area contributed by atoms with E-state index in [4.69, 9.17) is 0 Å². The minimum absolute atomic E-state index is 0.126. The molecule has 0 bridgehead atoms. The predicted octanol–water partition coefficient (Wildman–Crippen LogP) is 3.01. The van der Waals surface area contributed by atoms with Crippen LogP contribution in [0.5, 0.6) is 0 Å². The van der Waals surface area contributed by atoms with Gasteiger partial charge in [0.05, 0.1) is 0 Å². The maximum Gasteiger partial charge on any atom is 0.222 e. The van der Waals surface area contributed by atoms with E-state index in [2.05, 4.69) is 18.4 Å². The Labute approximate surface area is 109 Å². The monoisotopic (exact) mass is 250 g/mol. The first-order chi connectivity index (χ1) is 8.63. The average Bonchev–Trinajstić information content (AvgIpc) is 2.52. The van der Waals surface area contributed by atoms with Crippen LogP contribution in [0.1, 0.15) is 26.2 Å². The Kier molecular flexibility index (Phi) is 6.19. The fourth-order valence-corrected chi connectivity index (χ4v) is 2.17. The van der Waals surface area contributed by atoms with E-state index in [-0.39, 0.29) is 11.5 Å². The van der Waals surface area contributed by atoms with Crippen molar-refractivity contribution in [3.63, 3.8) is 0 Å². The molecular weight excluding hydrogens is 228 g/mol. The van der Waals surface area contributed by atoms with Crippen molar-refractivity contribution in [3.05, 3.63) is 46.7 Å². The zero-order valence-electron chi connectivity index (χ0n) is 11.0. The highest BCUT2D eigenvalue weighted by atomic mass is 16.6. The van der Waals surface area contributed by atoms with Crippen molar-refractivity contribution in [3.8, 4) is 0 Å². The van der Waals surface area contributed by atoms with Crippen LogP contribution in [0.2, 0.25) is 0 Å². The van der Waals surface area contributed by atoms with Crippen molar-refractivity contribution >= 4 is 0 Å². The number of rotatable bonds is 5. The molecule has 0 aliphatic carbocycles. The van der Waals surface area contributed by atoms with Gasteiger partial charge in [-0.15, -0.1) is 0 Å². The molecule has 1 saturated heterocycles. The van der Waals surface area contributed by atoms with E-state index in [9.17, 15) is 10.1 Å². The molecule has 0 N–H and O–H groups in total. The van der Waals surface area contributed by atoms with E-state index in [0.717, 1.165) is 24.7 Å². The van der Waals surface area contributed by atoms with Crippen LogP contribution in [0.15, 0.2) is 36.6 Å². The first-order valence-electron chi connectivity index (χ1n) is 6.49. The molecule has 0 aromatic carbocycles. The van der Waals surface area contributed by atoms with Crippen LogP contribution in [-0.2, 0) is 0 Å². The highest BCUT2D eigenvalue weighted by Crippen LogP contribution is 2.20. The molecule has 100 valence electrons. The van der Waals surface area contributed by atoms with Crippen LogP contribution >= 0.6 is 0 Å². The molecule has 1 fully saturated rings. The van der Waals surface area contributed by atoms with Crippen molar-refractivity contribution in [2.75, 3.05) is 19.6 Å². The van der Waals surface area contributed by atoms with E-state index >= 15 is 0 Å². The summed E-state index contributed by atoms with van der Waals surface area (Å²) in [5.74, 6) is 0.766. The van der Waals surface area contributed by atoms with Gasteiger partial charge in [0.2, 0.25) is 6.54 Å². The molecule has 0 amide bonds. The van der Waals surface area contributed by atoms with Crippen LogP contribution in [-0.4, -0.2) is 29.5 Å². The normalized spacial score (nSPS) is 21.9. The molecule has 4 nitrogen and oxygen atoms in total. The van der Waals surface area contributed by atoms with Gasteiger partial charge in [-0.05, 0) is 43.4 Å². The SMILES string of the molecule is C=C/C=C(\C=C/C[N+](=O)[O-])N1CCCC(C)CC1. The van der Waals surface area contributed by atoms with E-state index in [1.807, 2.05) is 12.2 Å². The summed E-state index contributed by atoms with van der Waals surface area (Å²) in [6.07, 6.45) is 10.7. The Morgan fingerprint density at radius 3 is 2.94 bits per heavy atom. The lowest BCUT2D eigenvalue weighted by molar-refractivity contribution is -0.468. The average molecular weight is 250 g/mol. The zero-order valence-corrected chi connectivity index (χ0v) is 11.0. The second-order valence-electron chi connectivity index (χ2n) is 4.77. The number of hydrogen-bond donors (Lipinski definition) is 0. The number of nitrogens with zero attached hydrogens (tertiary/aromatic N) is 2. The van der Waals surface area contributed by atoms with Gasteiger partial charge in [0.15, 0.2) is 0 Å². The number of hydrogen-bond acceptors (Lipinski definition) is 3. The summed E-state index contributed by atoms with van der Waals surface area (Å²) in [5.41, 5.74) is 1.03. The van der Waals surface area contributed by atoms with Crippen LogP contribution in [0, 0.1) is 16.0 Å². The Morgan fingerprint density at radius 2 is 2.28 bits per heavy atom. The molecule has 18 heavy (non-hydrogen) atoms. The molecule has 0 saturated carbocycles. The molecule has 0 aromatic rings. The Bertz CT molecular complexity index is 348. The lowest BCUT2D eigenvalue weighted by Gasteiger charge is -2.23. The van der Waals surface area contributed by atoms with Crippen LogP contribution in [0.3, 0.4) is 0 Å². The van der Waals surface area contributed by atoms with Crippen molar-refractivity contribution in [1.29, 1.82) is 0 Å². The van der Waals surface area contributed by atoms with Gasteiger partial charge in [-0.1, -0.05) is 19.6 Å². The summed E-state index contributed by atoms with van der Waals surface area (Å²) >= 11 is 0. The molecule has 1 heterocycles. The topological polar surface area (TPSA) is 46.4 Å². The van der Waals surface area contributed by atoms with Gasteiger partial charge in [0.25, 0.3) is 0 Å². The smallest absolute Gasteiger partial charge is 0.222 e. The molecule has 1 atom stereocenters. The zero-order chi connectivity index (χ0) is 13.4. The van der Waals surface area contributed by atoms with Crippen LogP contribution in [0.25, 0.3) is 0 Å². The Hall–Kier alpha value is -1.58. The number of allylic oxidation sites excluding steroid dienone is 3. The van der Waals surface area contributed by atoms with Crippen LogP contribution in [0.4, 0.5) is 0 Å². The fraction of sp³-hybridized carbons (Fsp3) is 0.571. The quantitative estimate of drug-likeness (QED) is 0.428. The first kappa shape index (κ1) is 14.5. The minimum atomic E-state index is -0.327. The summed E-state index contributed by atoms with van der Waals surface area (Å²) in [4.78, 5) is 12.3. The fourth-order valence-electron chi connectivity index (χ4n) is 2.17. The van der Waals surface area contributed by atoms with Gasteiger partial charge in [0, 0.05) is 23.7 Å². The number of likely N-dealkylation sites (tertiary alicyclic amines) is 1. The maximum absolute atomic E-state index is 10.3. The highest BCUT2D eigenvalue weighted by Gasteiger charge is 2.14. The van der Waals surface area contributed by atoms with Gasteiger partial charge in [-0.2, -0.15) is 0 Å². The molecule has 4 heteroatoms. The van der Waals surface area contributed by atoms with Gasteiger partial charge in [-0.3, -0.25) is 10.1 Å². The molecule has 0 radical (unpaired) electrons. The van der Waals surface area contributed by atoms with Crippen molar-refractivity contribution in [2.24, 2.45) is 5.92 Å². The lowest BCUT2D eigenvalue weighted by atomic mass is 10.0. The standard InChI is InChI=1S/C14H22N2O2/c1-3-6-14(8-5-11-16(17)18)15-10-4-7-13(2)9-12-15/h3,5-6,8,13H,1,4,7,9-12H2,2H3/b8-5-,14-6+. The lowest BCUT2D eigenvalue weighted by Crippen LogP contribution is -2.23. The second-order valence-corrected chi connectivity index (χ2v) is 4.77. The second kappa shape index (κ2) is 7.69. The van der Waals surface area contributed by atoms with E-state index in [1.54, 1.807) is 12.2 Å². The van der Waals surface area contributed by atoms with Gasteiger partial charge in [-0.25, -0.2) is 0 Å². The van der Waals surface area contributed by atoms with Crippen molar-refractivity contribution in [2.45, 2.75) is 26.2 Å². The molecule has 1 aliphatic rings. The van der Waals surface area contributed by atoms with Crippen LogP contribution < -0.4 is 0 Å². The first-order valence-corrected chi connectivity index (χ1v) is 6.49. The summed E-state index contributed by atoms with van der Waals surface area (Å²) in [7, 11) is 0. The molecule has 0 spiro atoms. The molecule has 1 unspecified atom stereocenters. The summed E-state index contributed by atoms with van der Waals surface area (Å²) in [6.45, 7) is 7.90. The minimum Gasteiger partial charge on any atom is -0.372 e. The number of nitro groups is 1. The Morgan fingerprint density at radius 1 is 1.50 bits per heavy atom. The van der Waals surface area contributed by atoms with Gasteiger partial charge in [0.1, 0.15) is 0 Å². The van der Waals surface area contributed by atoms with E-state index in [1.165, 1.54) is 19.3 Å². The third-order valence-electron chi connectivity index (χ3n) is 3.21. The molecule has 1 aliphatic heterocycles. The summed E-state index contributed by atoms with van der Waals surface area (Å²) in [6, 6.07) is 0. The summed E-state index contributed by atoms with van der Waals surface area (Å²) in [5, 5.41) is 10.3. The van der Waals surface area contributed by atoms with Crippen molar-refractivity contribution in [1.82, 2.24) is 4.90 Å². The van der Waals surface area contributed by atoms with Crippen molar-refractivity contribution < 1.29 is 4.92 Å². The van der Waals surface area contributed by atoms with Gasteiger partial charge >= 0.3 is 0 Å². The van der Waals surface area contributed by atoms with E-state index < -0.39 is 0 Å².